The summed E-state index contributed by atoms with van der Waals surface area (Å²) in [6, 6.07) is 9.73. The Hall–Kier alpha value is -3.22. The largest absolute Gasteiger partial charge is 0.366 e. The fraction of sp³-hybridized carbons (Fsp3) is 0.286. The summed E-state index contributed by atoms with van der Waals surface area (Å²) in [5.41, 5.74) is 7.65. The summed E-state index contributed by atoms with van der Waals surface area (Å²) in [7, 11) is 0. The molecular weight excluding hydrogens is 361 g/mol. The summed E-state index contributed by atoms with van der Waals surface area (Å²) in [5, 5.41) is 2.66. The Kier molecular flexibility index (Phi) is 5.44. The van der Waals surface area contributed by atoms with Crippen LogP contribution in [-0.2, 0) is 16.0 Å². The van der Waals surface area contributed by atoms with Crippen molar-refractivity contribution in [3.05, 3.63) is 64.5 Å². The van der Waals surface area contributed by atoms with Crippen molar-refractivity contribution in [2.24, 2.45) is 5.73 Å². The standard InChI is InChI=1S/C21H22FN3O3/c1-12-17(22)9-15(21(23)28)10-18(12)24-20(27)11-19-16-6-4-3-5-14(16)7-8-25(19)13(2)26/h3-6,9-10,19H,7-8,11H2,1-2H3,(H2,23,28)(H,24,27). The van der Waals surface area contributed by atoms with E-state index in [4.69, 9.17) is 5.73 Å². The Morgan fingerprint density at radius 2 is 1.96 bits per heavy atom. The molecule has 1 heterocycles. The number of carbonyl (C=O) groups excluding carboxylic acids is 3. The first-order valence-corrected chi connectivity index (χ1v) is 9.02. The van der Waals surface area contributed by atoms with E-state index >= 15 is 0 Å². The first-order valence-electron chi connectivity index (χ1n) is 9.02. The molecule has 1 aliphatic heterocycles. The molecule has 2 aromatic rings. The Balaban J connectivity index is 1.86. The highest BCUT2D eigenvalue weighted by Gasteiger charge is 2.30. The van der Waals surface area contributed by atoms with Gasteiger partial charge in [0, 0.05) is 30.3 Å². The number of anilines is 1. The molecule has 0 aromatic heterocycles. The molecule has 3 amide bonds. The molecule has 1 aliphatic rings. The van der Waals surface area contributed by atoms with Gasteiger partial charge in [-0.25, -0.2) is 4.39 Å². The predicted octanol–water partition coefficient (Wildman–Crippen LogP) is 2.71. The van der Waals surface area contributed by atoms with E-state index in [-0.39, 0.29) is 35.0 Å². The molecule has 0 saturated heterocycles. The molecule has 28 heavy (non-hydrogen) atoms. The number of amides is 3. The van der Waals surface area contributed by atoms with Gasteiger partial charge in [-0.05, 0) is 36.6 Å². The van der Waals surface area contributed by atoms with Crippen LogP contribution < -0.4 is 11.1 Å². The number of carbonyl (C=O) groups is 3. The lowest BCUT2D eigenvalue weighted by molar-refractivity contribution is -0.132. The van der Waals surface area contributed by atoms with Crippen LogP contribution in [0, 0.1) is 12.7 Å². The van der Waals surface area contributed by atoms with Gasteiger partial charge < -0.3 is 16.0 Å². The molecule has 1 atom stereocenters. The number of benzene rings is 2. The van der Waals surface area contributed by atoms with Crippen molar-refractivity contribution in [1.29, 1.82) is 0 Å². The van der Waals surface area contributed by atoms with Crippen LogP contribution in [-0.4, -0.2) is 29.2 Å². The molecule has 0 bridgehead atoms. The number of rotatable bonds is 4. The van der Waals surface area contributed by atoms with Crippen LogP contribution in [0.4, 0.5) is 10.1 Å². The van der Waals surface area contributed by atoms with Gasteiger partial charge in [0.15, 0.2) is 0 Å². The molecule has 1 unspecified atom stereocenters. The number of fused-ring (bicyclic) bond motifs is 1. The zero-order chi connectivity index (χ0) is 20.4. The maximum Gasteiger partial charge on any atom is 0.248 e. The van der Waals surface area contributed by atoms with Crippen molar-refractivity contribution in [2.45, 2.75) is 32.7 Å². The molecule has 7 heteroatoms. The number of nitrogens with zero attached hydrogens (tertiary/aromatic N) is 1. The summed E-state index contributed by atoms with van der Waals surface area (Å²) in [6.07, 6.45) is 0.761. The second-order valence-electron chi connectivity index (χ2n) is 6.92. The number of primary amides is 1. The van der Waals surface area contributed by atoms with Crippen LogP contribution >= 0.6 is 0 Å². The maximum absolute atomic E-state index is 14.1. The molecule has 6 nitrogen and oxygen atoms in total. The van der Waals surface area contributed by atoms with Crippen molar-refractivity contribution in [3.8, 4) is 0 Å². The molecule has 0 spiro atoms. The zero-order valence-electron chi connectivity index (χ0n) is 15.8. The highest BCUT2D eigenvalue weighted by molar-refractivity contribution is 5.97. The smallest absolute Gasteiger partial charge is 0.248 e. The quantitative estimate of drug-likeness (QED) is 0.850. The van der Waals surface area contributed by atoms with Gasteiger partial charge in [0.1, 0.15) is 5.82 Å². The third-order valence-corrected chi connectivity index (χ3v) is 5.10. The van der Waals surface area contributed by atoms with Crippen LogP contribution in [0.2, 0.25) is 0 Å². The summed E-state index contributed by atoms with van der Waals surface area (Å²) >= 11 is 0. The van der Waals surface area contributed by atoms with Gasteiger partial charge in [-0.1, -0.05) is 24.3 Å². The highest BCUT2D eigenvalue weighted by Crippen LogP contribution is 2.33. The second-order valence-corrected chi connectivity index (χ2v) is 6.92. The predicted molar refractivity (Wildman–Crippen MR) is 103 cm³/mol. The fourth-order valence-corrected chi connectivity index (χ4v) is 3.58. The van der Waals surface area contributed by atoms with Crippen molar-refractivity contribution in [1.82, 2.24) is 4.90 Å². The monoisotopic (exact) mass is 383 g/mol. The summed E-state index contributed by atoms with van der Waals surface area (Å²) in [4.78, 5) is 37.8. The third-order valence-electron chi connectivity index (χ3n) is 5.10. The lowest BCUT2D eigenvalue weighted by atomic mass is 9.90. The first-order chi connectivity index (χ1) is 13.3. The van der Waals surface area contributed by atoms with Gasteiger partial charge >= 0.3 is 0 Å². The molecule has 0 aliphatic carbocycles. The van der Waals surface area contributed by atoms with Crippen LogP contribution in [0.1, 0.15) is 46.4 Å². The summed E-state index contributed by atoms with van der Waals surface area (Å²) in [6.45, 7) is 3.53. The number of nitrogens with one attached hydrogen (secondary N) is 1. The lowest BCUT2D eigenvalue weighted by Gasteiger charge is -2.36. The lowest BCUT2D eigenvalue weighted by Crippen LogP contribution is -2.40. The van der Waals surface area contributed by atoms with E-state index in [2.05, 4.69) is 5.32 Å². The van der Waals surface area contributed by atoms with E-state index in [0.717, 1.165) is 23.6 Å². The number of halogens is 1. The van der Waals surface area contributed by atoms with Gasteiger partial charge in [0.25, 0.3) is 0 Å². The fourth-order valence-electron chi connectivity index (χ4n) is 3.58. The number of hydrogen-bond donors (Lipinski definition) is 2. The minimum Gasteiger partial charge on any atom is -0.366 e. The minimum absolute atomic E-state index is 0.0215. The van der Waals surface area contributed by atoms with Gasteiger partial charge in [-0.3, -0.25) is 14.4 Å². The third kappa shape index (κ3) is 3.88. The second kappa shape index (κ2) is 7.80. The maximum atomic E-state index is 14.1. The molecule has 146 valence electrons. The van der Waals surface area contributed by atoms with Crippen molar-refractivity contribution < 1.29 is 18.8 Å². The van der Waals surface area contributed by atoms with Gasteiger partial charge in [-0.15, -0.1) is 0 Å². The SMILES string of the molecule is CC(=O)N1CCc2ccccc2C1CC(=O)Nc1cc(C(N)=O)cc(F)c1C. The molecular formula is C21H22FN3O3. The molecule has 0 saturated carbocycles. The van der Waals surface area contributed by atoms with E-state index < -0.39 is 17.8 Å². The van der Waals surface area contributed by atoms with E-state index in [1.807, 2.05) is 24.3 Å². The Bertz CT molecular complexity index is 958. The summed E-state index contributed by atoms with van der Waals surface area (Å²) in [5.74, 6) is -1.89. The number of nitrogens with two attached hydrogens (primary N) is 1. The normalized spacial score (nSPS) is 15.7. The number of hydrogen-bond acceptors (Lipinski definition) is 3. The Morgan fingerprint density at radius 3 is 2.64 bits per heavy atom. The highest BCUT2D eigenvalue weighted by atomic mass is 19.1. The van der Waals surface area contributed by atoms with Crippen LogP contribution in [0.25, 0.3) is 0 Å². The molecule has 2 aromatic carbocycles. The topological polar surface area (TPSA) is 92.5 Å². The molecule has 3 rings (SSSR count). The van der Waals surface area contributed by atoms with Crippen LogP contribution in [0.15, 0.2) is 36.4 Å². The molecule has 0 fully saturated rings. The molecule has 3 N–H and O–H groups in total. The molecule has 0 radical (unpaired) electrons. The zero-order valence-corrected chi connectivity index (χ0v) is 15.8. The first kappa shape index (κ1) is 19.5. The average Bonchev–Trinajstić information content (AvgIpc) is 2.65. The average molecular weight is 383 g/mol. The van der Waals surface area contributed by atoms with Crippen molar-refractivity contribution in [2.75, 3.05) is 11.9 Å². The Morgan fingerprint density at radius 1 is 1.25 bits per heavy atom. The van der Waals surface area contributed by atoms with Crippen molar-refractivity contribution in [3.63, 3.8) is 0 Å². The van der Waals surface area contributed by atoms with E-state index in [1.54, 1.807) is 4.90 Å². The minimum atomic E-state index is -0.779. The summed E-state index contributed by atoms with van der Waals surface area (Å²) < 4.78 is 14.1. The van der Waals surface area contributed by atoms with Gasteiger partial charge in [0.05, 0.1) is 12.5 Å². The van der Waals surface area contributed by atoms with Gasteiger partial charge in [0.2, 0.25) is 17.7 Å². The Labute approximate surface area is 162 Å². The van der Waals surface area contributed by atoms with Crippen molar-refractivity contribution >= 4 is 23.4 Å². The van der Waals surface area contributed by atoms with E-state index in [0.29, 0.717) is 6.54 Å². The van der Waals surface area contributed by atoms with E-state index in [1.165, 1.54) is 19.9 Å². The van der Waals surface area contributed by atoms with Crippen LogP contribution in [0.5, 0.6) is 0 Å². The van der Waals surface area contributed by atoms with Gasteiger partial charge in [-0.2, -0.15) is 0 Å². The van der Waals surface area contributed by atoms with Crippen LogP contribution in [0.3, 0.4) is 0 Å². The van der Waals surface area contributed by atoms with E-state index in [9.17, 15) is 18.8 Å².